The van der Waals surface area contributed by atoms with E-state index >= 15 is 0 Å². The molecular formula is C12H16N4O2S. The minimum atomic E-state index is -0.634. The number of carbonyl (C=O) groups is 1. The first kappa shape index (κ1) is 13.7. The third kappa shape index (κ3) is 2.99. The smallest absolute Gasteiger partial charge is 0.275 e. The summed E-state index contributed by atoms with van der Waals surface area (Å²) in [6.45, 7) is 6.04. The highest BCUT2D eigenvalue weighted by molar-refractivity contribution is 7.14. The summed E-state index contributed by atoms with van der Waals surface area (Å²) in [4.78, 5) is 16.3. The van der Waals surface area contributed by atoms with E-state index in [0.29, 0.717) is 23.1 Å². The number of nitrogens with zero attached hydrogens (tertiary/aromatic N) is 3. The van der Waals surface area contributed by atoms with E-state index < -0.39 is 6.10 Å². The summed E-state index contributed by atoms with van der Waals surface area (Å²) < 4.78 is 1.65. The van der Waals surface area contributed by atoms with E-state index in [1.165, 1.54) is 11.3 Å². The minimum Gasteiger partial charge on any atom is -0.387 e. The fraction of sp³-hybridized carbons (Fsp3) is 0.417. The first-order chi connectivity index (χ1) is 9.01. The van der Waals surface area contributed by atoms with E-state index in [9.17, 15) is 9.90 Å². The predicted molar refractivity (Wildman–Crippen MR) is 73.3 cm³/mol. The van der Waals surface area contributed by atoms with E-state index in [0.717, 1.165) is 5.69 Å². The molecule has 2 aromatic heterocycles. The minimum absolute atomic E-state index is 0.242. The molecule has 1 atom stereocenters. The van der Waals surface area contributed by atoms with Gasteiger partial charge >= 0.3 is 0 Å². The van der Waals surface area contributed by atoms with Crippen LogP contribution in [0.1, 0.15) is 41.8 Å². The number of anilines is 1. The Bertz CT molecular complexity index is 588. The maximum Gasteiger partial charge on any atom is 0.275 e. The lowest BCUT2D eigenvalue weighted by atomic mass is 10.3. The van der Waals surface area contributed by atoms with Gasteiger partial charge in [0.15, 0.2) is 5.13 Å². The van der Waals surface area contributed by atoms with Crippen molar-refractivity contribution in [2.75, 3.05) is 5.32 Å². The van der Waals surface area contributed by atoms with Crippen LogP contribution in [0, 0.1) is 6.92 Å². The van der Waals surface area contributed by atoms with Gasteiger partial charge in [-0.25, -0.2) is 4.98 Å². The van der Waals surface area contributed by atoms with Gasteiger partial charge in [0.05, 0.1) is 17.5 Å². The number of thiazole rings is 1. The van der Waals surface area contributed by atoms with Gasteiger partial charge in [-0.05, 0) is 26.8 Å². The second-order valence-corrected chi connectivity index (χ2v) is 5.05. The zero-order valence-corrected chi connectivity index (χ0v) is 11.9. The molecule has 2 rings (SSSR count). The van der Waals surface area contributed by atoms with Gasteiger partial charge in [0, 0.05) is 11.9 Å². The van der Waals surface area contributed by atoms with Crippen molar-refractivity contribution in [1.29, 1.82) is 0 Å². The van der Waals surface area contributed by atoms with Crippen LogP contribution in [0.3, 0.4) is 0 Å². The molecule has 0 fully saturated rings. The van der Waals surface area contributed by atoms with Crippen molar-refractivity contribution in [3.63, 3.8) is 0 Å². The summed E-state index contributed by atoms with van der Waals surface area (Å²) in [6, 6.07) is 1.74. The van der Waals surface area contributed by atoms with Gasteiger partial charge in [0.1, 0.15) is 5.69 Å². The summed E-state index contributed by atoms with van der Waals surface area (Å²) in [5.41, 5.74) is 1.87. The molecule has 0 saturated heterocycles. The van der Waals surface area contributed by atoms with Crippen LogP contribution in [0.5, 0.6) is 0 Å². The Morgan fingerprint density at radius 3 is 2.95 bits per heavy atom. The number of carbonyl (C=O) groups excluding carboxylic acids is 1. The second kappa shape index (κ2) is 5.50. The third-order valence-electron chi connectivity index (χ3n) is 2.60. The van der Waals surface area contributed by atoms with Crippen LogP contribution in [0.15, 0.2) is 11.4 Å². The van der Waals surface area contributed by atoms with Crippen molar-refractivity contribution in [1.82, 2.24) is 14.8 Å². The van der Waals surface area contributed by atoms with Crippen LogP contribution in [0.25, 0.3) is 0 Å². The molecular weight excluding hydrogens is 264 g/mol. The molecule has 1 amide bonds. The molecule has 6 nitrogen and oxygen atoms in total. The SMILES string of the molecule is CCn1nc(C)cc1C(=O)Nc1nc(C(C)O)cs1. The summed E-state index contributed by atoms with van der Waals surface area (Å²) in [5.74, 6) is -0.242. The standard InChI is InChI=1S/C12H16N4O2S/c1-4-16-10(5-7(2)15-16)11(18)14-12-13-9(6-19-12)8(3)17/h5-6,8,17H,4H2,1-3H3,(H,13,14,18). The number of hydrogen-bond acceptors (Lipinski definition) is 5. The highest BCUT2D eigenvalue weighted by Crippen LogP contribution is 2.21. The Kier molecular flexibility index (Phi) is 3.96. The molecule has 0 spiro atoms. The van der Waals surface area contributed by atoms with Gasteiger partial charge in [0.25, 0.3) is 5.91 Å². The first-order valence-electron chi connectivity index (χ1n) is 6.00. The molecule has 0 aliphatic carbocycles. The molecule has 2 N–H and O–H groups in total. The Labute approximate surface area is 115 Å². The molecule has 0 radical (unpaired) electrons. The normalized spacial score (nSPS) is 12.4. The Balaban J connectivity index is 2.15. The van der Waals surface area contributed by atoms with E-state index in [2.05, 4.69) is 15.4 Å². The van der Waals surface area contributed by atoms with Crippen LogP contribution in [0.4, 0.5) is 5.13 Å². The lowest BCUT2D eigenvalue weighted by Gasteiger charge is -2.04. The zero-order valence-electron chi connectivity index (χ0n) is 11.0. The predicted octanol–water partition coefficient (Wildman–Crippen LogP) is 1.97. The number of amides is 1. The number of hydrogen-bond donors (Lipinski definition) is 2. The van der Waals surface area contributed by atoms with Crippen LogP contribution >= 0.6 is 11.3 Å². The van der Waals surface area contributed by atoms with Gasteiger partial charge in [-0.2, -0.15) is 5.10 Å². The summed E-state index contributed by atoms with van der Waals surface area (Å²) in [6.07, 6.45) is -0.634. The average Bonchev–Trinajstić information content (AvgIpc) is 2.95. The molecule has 19 heavy (non-hydrogen) atoms. The van der Waals surface area contributed by atoms with Gasteiger partial charge in [-0.1, -0.05) is 0 Å². The van der Waals surface area contributed by atoms with Crippen LogP contribution in [-0.4, -0.2) is 25.8 Å². The van der Waals surface area contributed by atoms with Crippen molar-refractivity contribution >= 4 is 22.4 Å². The Hall–Kier alpha value is -1.73. The maximum absolute atomic E-state index is 12.1. The van der Waals surface area contributed by atoms with Crippen LogP contribution in [-0.2, 0) is 6.54 Å². The number of aryl methyl sites for hydroxylation is 2. The van der Waals surface area contributed by atoms with E-state index in [-0.39, 0.29) is 5.91 Å². The Morgan fingerprint density at radius 1 is 1.63 bits per heavy atom. The fourth-order valence-electron chi connectivity index (χ4n) is 1.67. The zero-order chi connectivity index (χ0) is 14.0. The van der Waals surface area contributed by atoms with E-state index in [1.54, 1.807) is 23.1 Å². The molecule has 1 unspecified atom stereocenters. The second-order valence-electron chi connectivity index (χ2n) is 4.19. The average molecular weight is 280 g/mol. The molecule has 102 valence electrons. The summed E-state index contributed by atoms with van der Waals surface area (Å²) in [5, 5.41) is 18.5. The number of nitrogens with one attached hydrogen (secondary N) is 1. The third-order valence-corrected chi connectivity index (χ3v) is 3.38. The Morgan fingerprint density at radius 2 is 2.37 bits per heavy atom. The van der Waals surface area contributed by atoms with E-state index in [1.807, 2.05) is 13.8 Å². The largest absolute Gasteiger partial charge is 0.387 e. The number of rotatable bonds is 4. The number of aliphatic hydroxyl groups excluding tert-OH is 1. The maximum atomic E-state index is 12.1. The van der Waals surface area contributed by atoms with Gasteiger partial charge in [0.2, 0.25) is 0 Å². The molecule has 0 aliphatic heterocycles. The summed E-state index contributed by atoms with van der Waals surface area (Å²) >= 11 is 1.29. The van der Waals surface area contributed by atoms with Gasteiger partial charge in [-0.3, -0.25) is 14.8 Å². The molecule has 0 bridgehead atoms. The molecule has 0 aliphatic rings. The van der Waals surface area contributed by atoms with Crippen molar-refractivity contribution in [3.05, 3.63) is 28.5 Å². The summed E-state index contributed by atoms with van der Waals surface area (Å²) in [7, 11) is 0. The monoisotopic (exact) mass is 280 g/mol. The molecule has 0 saturated carbocycles. The van der Waals surface area contributed by atoms with Gasteiger partial charge in [-0.15, -0.1) is 11.3 Å². The molecule has 2 heterocycles. The van der Waals surface area contributed by atoms with Crippen molar-refractivity contribution in [2.45, 2.75) is 33.4 Å². The van der Waals surface area contributed by atoms with E-state index in [4.69, 9.17) is 0 Å². The van der Waals surface area contributed by atoms with Crippen molar-refractivity contribution in [2.24, 2.45) is 0 Å². The van der Waals surface area contributed by atoms with Crippen molar-refractivity contribution in [3.8, 4) is 0 Å². The molecule has 0 aromatic carbocycles. The van der Waals surface area contributed by atoms with Crippen molar-refractivity contribution < 1.29 is 9.90 Å². The quantitative estimate of drug-likeness (QED) is 0.897. The molecule has 7 heteroatoms. The number of aliphatic hydroxyl groups is 1. The fourth-order valence-corrected chi connectivity index (χ4v) is 2.46. The lowest BCUT2D eigenvalue weighted by Crippen LogP contribution is -2.17. The first-order valence-corrected chi connectivity index (χ1v) is 6.88. The van der Waals surface area contributed by atoms with Crippen LogP contribution in [0.2, 0.25) is 0 Å². The highest BCUT2D eigenvalue weighted by atomic mass is 32.1. The van der Waals surface area contributed by atoms with Crippen LogP contribution < -0.4 is 5.32 Å². The lowest BCUT2D eigenvalue weighted by molar-refractivity contribution is 0.101. The topological polar surface area (TPSA) is 80.0 Å². The molecule has 2 aromatic rings. The van der Waals surface area contributed by atoms with Gasteiger partial charge < -0.3 is 5.11 Å². The number of aromatic nitrogens is 3. The highest BCUT2D eigenvalue weighted by Gasteiger charge is 2.15.